The quantitative estimate of drug-likeness (QED) is 0.111. The number of piperidine rings is 1. The van der Waals surface area contributed by atoms with Gasteiger partial charge in [0.25, 0.3) is 11.7 Å². The molecule has 0 unspecified atom stereocenters. The van der Waals surface area contributed by atoms with E-state index < -0.39 is 11.7 Å². The number of fused-ring (bicyclic) bond motifs is 1. The summed E-state index contributed by atoms with van der Waals surface area (Å²) in [6.45, 7) is 8.75. The van der Waals surface area contributed by atoms with Crippen molar-refractivity contribution in [2.24, 2.45) is 0 Å². The maximum atomic E-state index is 13.3. The number of rotatable bonds is 5. The minimum atomic E-state index is -0.617. The number of Topliss-reactive ketones (excluding diaryl/α,β-unsaturated/α-hetero) is 1. The molecule has 1 N–H and O–H groups in total. The van der Waals surface area contributed by atoms with E-state index >= 15 is 0 Å². The van der Waals surface area contributed by atoms with E-state index in [-0.39, 0.29) is 45.7 Å². The van der Waals surface area contributed by atoms with Gasteiger partial charge >= 0.3 is 0 Å². The summed E-state index contributed by atoms with van der Waals surface area (Å²) >= 11 is 1.31. The predicted molar refractivity (Wildman–Crippen MR) is 161 cm³/mol. The van der Waals surface area contributed by atoms with Crippen molar-refractivity contribution < 1.29 is 47.0 Å². The number of nitrogens with zero attached hydrogens (tertiary/aromatic N) is 4. The summed E-state index contributed by atoms with van der Waals surface area (Å²) < 4.78 is 5.45. The molecule has 213 valence electrons. The van der Waals surface area contributed by atoms with Gasteiger partial charge in [-0.1, -0.05) is 64.2 Å². The summed E-state index contributed by atoms with van der Waals surface area (Å²) in [6.07, 6.45) is 5.70. The Morgan fingerprint density at radius 2 is 1.76 bits per heavy atom. The van der Waals surface area contributed by atoms with E-state index in [0.29, 0.717) is 58.9 Å². The maximum absolute atomic E-state index is 13.3. The molecule has 0 bridgehead atoms. The molecule has 3 aromatic heterocycles. The Labute approximate surface area is 271 Å². The Bertz CT molecular complexity index is 1480. The van der Waals surface area contributed by atoms with Gasteiger partial charge in [0.05, 0.1) is 41.4 Å². The predicted octanol–water partition coefficient (Wildman–Crippen LogP) is 6.78. The molecule has 1 aliphatic rings. The zero-order valence-corrected chi connectivity index (χ0v) is 28.1. The van der Waals surface area contributed by atoms with E-state index in [2.05, 4.69) is 26.4 Å². The number of likely N-dealkylation sites (tertiary alicyclic amines) is 1. The van der Waals surface area contributed by atoms with E-state index in [1.165, 1.54) is 30.8 Å². The first kappa shape index (κ1) is 35.8. The van der Waals surface area contributed by atoms with Gasteiger partial charge in [0.2, 0.25) is 0 Å². The van der Waals surface area contributed by atoms with Crippen LogP contribution in [-0.2, 0) is 37.5 Å². The third kappa shape index (κ3) is 7.76. The van der Waals surface area contributed by atoms with Gasteiger partial charge in [-0.15, -0.1) is 0 Å². The van der Waals surface area contributed by atoms with Crippen LogP contribution in [0, 0.1) is 24.1 Å². The first-order valence-electron chi connectivity index (χ1n) is 13.0. The number of H-pyrrole nitrogens is 1. The number of nitrogens with one attached hydrogen (secondary N) is 1. The van der Waals surface area contributed by atoms with Crippen LogP contribution in [0.2, 0.25) is 0 Å². The molecule has 1 fully saturated rings. The number of nitriles is 1. The second-order valence-electron chi connectivity index (χ2n) is 7.99. The van der Waals surface area contributed by atoms with Gasteiger partial charge < -0.3 is 38.4 Å². The Balaban J connectivity index is 0.00000134. The van der Waals surface area contributed by atoms with Gasteiger partial charge in [0.15, 0.2) is 0 Å². The average Bonchev–Trinajstić information content (AvgIpc) is 3.71. The summed E-state index contributed by atoms with van der Waals surface area (Å²) in [5.74, 6) is -0.799. The summed E-state index contributed by atoms with van der Waals surface area (Å²) in [7, 11) is 1.49. The monoisotopic (exact) mass is 646 g/mol. The van der Waals surface area contributed by atoms with Crippen molar-refractivity contribution in [3.63, 3.8) is 0 Å². The van der Waals surface area contributed by atoms with E-state index in [4.69, 9.17) is 4.74 Å². The van der Waals surface area contributed by atoms with Gasteiger partial charge in [-0.05, 0) is 29.0 Å². The van der Waals surface area contributed by atoms with Crippen molar-refractivity contribution in [2.45, 2.75) is 40.5 Å². The summed E-state index contributed by atoms with van der Waals surface area (Å²) in [6, 6.07) is 11.8. The van der Waals surface area contributed by atoms with Gasteiger partial charge in [-0.2, -0.15) is 10.6 Å². The molecule has 1 amide bonds. The summed E-state index contributed by atoms with van der Waals surface area (Å²) in [5, 5.41) is 13.8. The SMILES string of the molecule is CC.CC.COc1cnc(-c2nc[c-]s2)c2[nH]cc(C(=O)C(=O)N3CCC(=C(C#N)c4ccccc4)CC3)c12.[CH3-].[Y]. The van der Waals surface area contributed by atoms with Crippen LogP contribution < -0.4 is 4.74 Å². The smallest absolute Gasteiger partial charge is 0.295 e. The number of ketones is 1. The van der Waals surface area contributed by atoms with Crippen molar-refractivity contribution in [2.75, 3.05) is 20.2 Å². The molecule has 1 saturated heterocycles. The molecule has 8 nitrogen and oxygen atoms in total. The van der Waals surface area contributed by atoms with Gasteiger partial charge in [0, 0.05) is 57.7 Å². The fourth-order valence-electron chi connectivity index (χ4n) is 4.36. The first-order valence-corrected chi connectivity index (χ1v) is 13.8. The second-order valence-corrected chi connectivity index (χ2v) is 8.82. The summed E-state index contributed by atoms with van der Waals surface area (Å²) in [4.78, 5) is 39.8. The van der Waals surface area contributed by atoms with Crippen LogP contribution in [0.25, 0.3) is 27.2 Å². The van der Waals surface area contributed by atoms with Crippen LogP contribution >= 0.6 is 11.3 Å². The third-order valence-corrected chi connectivity index (χ3v) is 6.82. The zero-order valence-electron chi connectivity index (χ0n) is 24.4. The number of hydrogen-bond acceptors (Lipinski definition) is 7. The Hall–Kier alpha value is -3.19. The Morgan fingerprint density at radius 1 is 1.10 bits per heavy atom. The number of hydrogen-bond donors (Lipinski definition) is 1. The molecule has 4 heterocycles. The van der Waals surface area contributed by atoms with Gasteiger partial charge in [-0.25, -0.2) is 0 Å². The van der Waals surface area contributed by atoms with Crippen molar-refractivity contribution in [3.05, 3.63) is 78.4 Å². The number of ether oxygens (including phenoxy) is 1. The standard InChI is InChI=1S/C26H20N5O3S.2C2H6.CH3.Y/c1-34-20-15-30-23(25-28-9-12-35-25)22-21(20)19(14-29-22)24(32)26(33)31-10-7-17(8-11-31)18(13-27)16-5-3-2-4-6-16;2*1-2;;/h2-6,9,14-15,29H,7-8,10-11H2,1H3;2*1-2H3;1H3;/q-1;;;-1;. The Kier molecular flexibility index (Phi) is 15.4. The molecule has 41 heavy (non-hydrogen) atoms. The zero-order chi connectivity index (χ0) is 28.4. The van der Waals surface area contributed by atoms with Crippen LogP contribution in [0.1, 0.15) is 56.5 Å². The number of carbonyl (C=O) groups excluding carboxylic acids is 2. The average molecular weight is 647 g/mol. The number of carbonyl (C=O) groups is 2. The third-order valence-electron chi connectivity index (χ3n) is 6.11. The molecule has 1 aromatic carbocycles. The molecule has 0 atom stereocenters. The normalized spacial score (nSPS) is 11.8. The number of pyridine rings is 1. The van der Waals surface area contributed by atoms with Crippen LogP contribution in [-0.4, -0.2) is 51.7 Å². The molecular weight excluding hydrogens is 611 g/mol. The number of methoxy groups -OCH3 is 1. The fourth-order valence-corrected chi connectivity index (χ4v) is 4.93. The van der Waals surface area contributed by atoms with E-state index in [9.17, 15) is 14.9 Å². The van der Waals surface area contributed by atoms with Gasteiger partial charge in [-0.3, -0.25) is 14.6 Å². The number of allylic oxidation sites excluding steroid dienone is 1. The van der Waals surface area contributed by atoms with Crippen molar-refractivity contribution in [3.8, 4) is 22.5 Å². The van der Waals surface area contributed by atoms with Crippen molar-refractivity contribution in [1.29, 1.82) is 5.26 Å². The molecule has 1 radical (unpaired) electrons. The largest absolute Gasteiger partial charge is 0.494 e. The van der Waals surface area contributed by atoms with E-state index in [0.717, 1.165) is 11.1 Å². The fraction of sp³-hybridized carbons (Fsp3) is 0.290. The minimum absolute atomic E-state index is 0. The Morgan fingerprint density at radius 3 is 2.32 bits per heavy atom. The molecule has 0 saturated carbocycles. The number of amides is 1. The van der Waals surface area contributed by atoms with E-state index in [1.807, 2.05) is 58.0 Å². The van der Waals surface area contributed by atoms with E-state index in [1.54, 1.807) is 11.1 Å². The summed E-state index contributed by atoms with van der Waals surface area (Å²) in [5.41, 5.74) is 3.89. The minimum Gasteiger partial charge on any atom is -0.494 e. The molecule has 10 heteroatoms. The number of thiazole rings is 1. The maximum Gasteiger partial charge on any atom is 0.295 e. The van der Waals surface area contributed by atoms with Crippen LogP contribution in [0.5, 0.6) is 5.75 Å². The van der Waals surface area contributed by atoms with Gasteiger partial charge in [0.1, 0.15) is 5.75 Å². The molecule has 5 rings (SSSR count). The number of aromatic nitrogens is 3. The van der Waals surface area contributed by atoms with Crippen molar-refractivity contribution in [1.82, 2.24) is 19.9 Å². The molecular formula is C31H35N5O3SY-2. The molecule has 0 aliphatic carbocycles. The number of benzene rings is 1. The molecule has 4 aromatic rings. The molecule has 1 aliphatic heterocycles. The van der Waals surface area contributed by atoms with Crippen LogP contribution in [0.4, 0.5) is 0 Å². The molecule has 0 spiro atoms. The number of aromatic amines is 1. The van der Waals surface area contributed by atoms with Crippen molar-refractivity contribution >= 4 is 39.5 Å². The first-order chi connectivity index (χ1) is 19.1. The van der Waals surface area contributed by atoms with Crippen LogP contribution in [0.3, 0.4) is 0 Å². The second kappa shape index (κ2) is 17.6. The van der Waals surface area contributed by atoms with Crippen LogP contribution in [0.15, 0.2) is 54.5 Å². The topological polar surface area (TPSA) is 112 Å².